The fourth-order valence-electron chi connectivity index (χ4n) is 3.18. The average molecular weight is 403 g/mol. The van der Waals surface area contributed by atoms with Crippen molar-refractivity contribution < 1.29 is 22.4 Å². The summed E-state index contributed by atoms with van der Waals surface area (Å²) < 4.78 is 42.6. The minimum absolute atomic E-state index is 0.0972. The van der Waals surface area contributed by atoms with E-state index in [0.29, 0.717) is 43.8 Å². The molecule has 2 rings (SSSR count). The van der Waals surface area contributed by atoms with Crippen molar-refractivity contribution in [3.8, 4) is 0 Å². The molecule has 1 aromatic rings. The second-order valence-electron chi connectivity index (χ2n) is 6.88. The monoisotopic (exact) mass is 403 g/mol. The number of amides is 1. The van der Waals surface area contributed by atoms with Crippen LogP contribution in [0.2, 0.25) is 0 Å². The summed E-state index contributed by atoms with van der Waals surface area (Å²) in [6.07, 6.45) is -1.71. The van der Waals surface area contributed by atoms with Crippen molar-refractivity contribution in [2.24, 2.45) is 16.6 Å². The predicted octanol–water partition coefficient (Wildman–Crippen LogP) is 2.10. The summed E-state index contributed by atoms with van der Waals surface area (Å²) in [5.74, 6) is 1.03. The maximum absolute atomic E-state index is 12.4. The Kier molecular flexibility index (Phi) is 8.16. The van der Waals surface area contributed by atoms with Crippen molar-refractivity contribution in [2.45, 2.75) is 38.9 Å². The third kappa shape index (κ3) is 7.79. The lowest BCUT2D eigenvalue weighted by Gasteiger charge is -2.32. The molecule has 0 spiro atoms. The Labute approximate surface area is 162 Å². The SMILES string of the molecule is CCNC(=NCc1ccc(C(N)=O)o1)NCCC1CCN(CC(F)(F)F)CC1. The molecule has 158 valence electrons. The quantitative estimate of drug-likeness (QED) is 0.456. The molecule has 0 aromatic carbocycles. The molecule has 1 aliphatic rings. The van der Waals surface area contributed by atoms with Crippen LogP contribution in [0.15, 0.2) is 21.5 Å². The van der Waals surface area contributed by atoms with E-state index in [-0.39, 0.29) is 12.3 Å². The summed E-state index contributed by atoms with van der Waals surface area (Å²) in [4.78, 5) is 16.9. The number of hydrogen-bond donors (Lipinski definition) is 3. The van der Waals surface area contributed by atoms with Crippen molar-refractivity contribution in [1.29, 1.82) is 0 Å². The van der Waals surface area contributed by atoms with Crippen molar-refractivity contribution in [3.63, 3.8) is 0 Å². The Morgan fingerprint density at radius 3 is 2.61 bits per heavy atom. The maximum Gasteiger partial charge on any atom is 0.401 e. The second-order valence-corrected chi connectivity index (χ2v) is 6.88. The third-order valence-electron chi connectivity index (χ3n) is 4.60. The van der Waals surface area contributed by atoms with E-state index in [9.17, 15) is 18.0 Å². The molecule has 0 atom stereocenters. The Hall–Kier alpha value is -2.23. The highest BCUT2D eigenvalue weighted by Crippen LogP contribution is 2.23. The van der Waals surface area contributed by atoms with Crippen molar-refractivity contribution in [3.05, 3.63) is 23.7 Å². The summed E-state index contributed by atoms with van der Waals surface area (Å²) in [5, 5.41) is 6.35. The molecule has 2 heterocycles. The van der Waals surface area contributed by atoms with Gasteiger partial charge in [-0.1, -0.05) is 0 Å². The molecular formula is C18H28F3N5O2. The molecule has 0 aliphatic carbocycles. The van der Waals surface area contributed by atoms with Gasteiger partial charge in [-0.25, -0.2) is 4.99 Å². The number of rotatable bonds is 8. The predicted molar refractivity (Wildman–Crippen MR) is 99.9 cm³/mol. The molecule has 0 bridgehead atoms. The lowest BCUT2D eigenvalue weighted by molar-refractivity contribution is -0.148. The van der Waals surface area contributed by atoms with Crippen LogP contribution in [-0.2, 0) is 6.54 Å². The Morgan fingerprint density at radius 1 is 1.32 bits per heavy atom. The Bertz CT molecular complexity index is 652. The van der Waals surface area contributed by atoms with E-state index >= 15 is 0 Å². The summed E-state index contributed by atoms with van der Waals surface area (Å²) >= 11 is 0. The first-order valence-electron chi connectivity index (χ1n) is 9.46. The molecule has 4 N–H and O–H groups in total. The number of primary amides is 1. The zero-order valence-electron chi connectivity index (χ0n) is 16.0. The van der Waals surface area contributed by atoms with Gasteiger partial charge in [0, 0.05) is 13.1 Å². The van der Waals surface area contributed by atoms with Gasteiger partial charge in [0.25, 0.3) is 5.91 Å². The smallest absolute Gasteiger partial charge is 0.401 e. The minimum atomic E-state index is -4.13. The number of carbonyl (C=O) groups is 1. The number of piperidine rings is 1. The largest absolute Gasteiger partial charge is 0.454 e. The number of likely N-dealkylation sites (tertiary alicyclic amines) is 1. The number of nitrogens with one attached hydrogen (secondary N) is 2. The van der Waals surface area contributed by atoms with E-state index in [1.165, 1.54) is 11.0 Å². The molecule has 1 aromatic heterocycles. The van der Waals surface area contributed by atoms with Gasteiger partial charge in [0.05, 0.1) is 6.54 Å². The van der Waals surface area contributed by atoms with Gasteiger partial charge in [-0.15, -0.1) is 0 Å². The third-order valence-corrected chi connectivity index (χ3v) is 4.60. The van der Waals surface area contributed by atoms with Crippen molar-refractivity contribution in [2.75, 3.05) is 32.7 Å². The van der Waals surface area contributed by atoms with Gasteiger partial charge in [0.15, 0.2) is 11.7 Å². The Balaban J connectivity index is 1.73. The minimum Gasteiger partial charge on any atom is -0.454 e. The van der Waals surface area contributed by atoms with Gasteiger partial charge >= 0.3 is 6.18 Å². The first-order chi connectivity index (χ1) is 13.3. The lowest BCUT2D eigenvalue weighted by Crippen LogP contribution is -2.41. The van der Waals surface area contributed by atoms with Crippen LogP contribution in [0.3, 0.4) is 0 Å². The van der Waals surface area contributed by atoms with Crippen LogP contribution in [0.25, 0.3) is 0 Å². The lowest BCUT2D eigenvalue weighted by atomic mass is 9.93. The second kappa shape index (κ2) is 10.4. The van der Waals surface area contributed by atoms with E-state index in [4.69, 9.17) is 10.2 Å². The maximum atomic E-state index is 12.4. The normalized spacial score (nSPS) is 16.9. The summed E-state index contributed by atoms with van der Waals surface area (Å²) in [6.45, 7) is 3.73. The van der Waals surface area contributed by atoms with Crippen molar-refractivity contribution in [1.82, 2.24) is 15.5 Å². The Morgan fingerprint density at radius 2 is 2.04 bits per heavy atom. The van der Waals surface area contributed by atoms with Gasteiger partial charge in [-0.3, -0.25) is 9.69 Å². The van der Waals surface area contributed by atoms with Crippen LogP contribution < -0.4 is 16.4 Å². The van der Waals surface area contributed by atoms with Gasteiger partial charge in [0.2, 0.25) is 0 Å². The molecule has 10 heteroatoms. The van der Waals surface area contributed by atoms with Crippen LogP contribution in [0, 0.1) is 5.92 Å². The fourth-order valence-corrected chi connectivity index (χ4v) is 3.18. The highest BCUT2D eigenvalue weighted by molar-refractivity contribution is 5.89. The zero-order chi connectivity index (χ0) is 20.6. The van der Waals surface area contributed by atoms with Gasteiger partial charge < -0.3 is 20.8 Å². The van der Waals surface area contributed by atoms with Gasteiger partial charge in [-0.2, -0.15) is 13.2 Å². The van der Waals surface area contributed by atoms with Crippen LogP contribution in [0.4, 0.5) is 13.2 Å². The van der Waals surface area contributed by atoms with Crippen LogP contribution in [0.5, 0.6) is 0 Å². The van der Waals surface area contributed by atoms with E-state index in [2.05, 4.69) is 15.6 Å². The first kappa shape index (κ1) is 22.1. The molecule has 1 fully saturated rings. The number of furan rings is 1. The fraction of sp³-hybridized carbons (Fsp3) is 0.667. The highest BCUT2D eigenvalue weighted by atomic mass is 19.4. The zero-order valence-corrected chi connectivity index (χ0v) is 16.0. The summed E-state index contributed by atoms with van der Waals surface area (Å²) in [6, 6.07) is 3.17. The number of carbonyl (C=O) groups excluding carboxylic acids is 1. The van der Waals surface area contributed by atoms with Gasteiger partial charge in [-0.05, 0) is 57.3 Å². The number of aliphatic imine (C=N–C) groups is 1. The molecule has 0 unspecified atom stereocenters. The summed E-state index contributed by atoms with van der Waals surface area (Å²) in [7, 11) is 0. The average Bonchev–Trinajstić information content (AvgIpc) is 3.09. The molecule has 0 radical (unpaired) electrons. The number of nitrogens with two attached hydrogens (primary N) is 1. The van der Waals surface area contributed by atoms with E-state index in [1.54, 1.807) is 6.07 Å². The molecule has 1 aliphatic heterocycles. The van der Waals surface area contributed by atoms with E-state index < -0.39 is 18.6 Å². The number of halogens is 3. The molecule has 1 amide bonds. The van der Waals surface area contributed by atoms with Crippen molar-refractivity contribution >= 4 is 11.9 Å². The number of nitrogens with zero attached hydrogens (tertiary/aromatic N) is 2. The molecular weight excluding hydrogens is 375 g/mol. The number of guanidine groups is 1. The van der Waals surface area contributed by atoms with Crippen LogP contribution >= 0.6 is 0 Å². The first-order valence-corrected chi connectivity index (χ1v) is 9.46. The summed E-state index contributed by atoms with van der Waals surface area (Å²) in [5.41, 5.74) is 5.15. The standard InChI is InChI=1S/C18H28F3N5O2/c1-2-23-17(25-11-14-3-4-15(28-14)16(22)27)24-8-5-13-6-9-26(10-7-13)12-18(19,20)21/h3-4,13H,2,5-12H2,1H3,(H2,22,27)(H2,23,24,25). The van der Waals surface area contributed by atoms with Gasteiger partial charge in [0.1, 0.15) is 12.3 Å². The van der Waals surface area contributed by atoms with Crippen LogP contribution in [-0.4, -0.2) is 55.7 Å². The topological polar surface area (TPSA) is 95.9 Å². The molecule has 28 heavy (non-hydrogen) atoms. The van der Waals surface area contributed by atoms with E-state index in [0.717, 1.165) is 19.3 Å². The van der Waals surface area contributed by atoms with Crippen LogP contribution in [0.1, 0.15) is 42.5 Å². The number of hydrogen-bond acceptors (Lipinski definition) is 4. The van der Waals surface area contributed by atoms with E-state index in [1.807, 2.05) is 6.92 Å². The molecule has 1 saturated heterocycles. The highest BCUT2D eigenvalue weighted by Gasteiger charge is 2.32. The molecule has 7 nitrogen and oxygen atoms in total. The molecule has 0 saturated carbocycles. The number of alkyl halides is 3.